The van der Waals surface area contributed by atoms with E-state index < -0.39 is 0 Å². The van der Waals surface area contributed by atoms with Crippen LogP contribution in [-0.4, -0.2) is 30.6 Å². The first kappa shape index (κ1) is 18.6. The van der Waals surface area contributed by atoms with E-state index in [1.54, 1.807) is 0 Å². The molecule has 1 rings (SSSR count). The Morgan fingerprint density at radius 2 is 1.90 bits per heavy atom. The van der Waals surface area contributed by atoms with Crippen LogP contribution in [0.1, 0.15) is 52.1 Å². The highest BCUT2D eigenvalue weighted by molar-refractivity contribution is 9.10. The quantitative estimate of drug-likeness (QED) is 0.685. The lowest BCUT2D eigenvalue weighted by atomic mass is 10.1. The standard InChI is InChI=1S/C17H28BrFN2/c1-5-21(6-2)11-7-8-13(3)20-14(4)16-10-9-15(19)12-17(16)18/h9-10,12-14,20H,5-8,11H2,1-4H3. The third-order valence-electron chi connectivity index (χ3n) is 3.97. The van der Waals surface area contributed by atoms with Gasteiger partial charge in [0.25, 0.3) is 0 Å². The van der Waals surface area contributed by atoms with Crippen molar-refractivity contribution in [2.75, 3.05) is 19.6 Å². The molecule has 1 aromatic rings. The number of hydrogen-bond donors (Lipinski definition) is 1. The van der Waals surface area contributed by atoms with Crippen LogP contribution in [0.4, 0.5) is 4.39 Å². The number of hydrogen-bond acceptors (Lipinski definition) is 2. The molecule has 0 aliphatic carbocycles. The highest BCUT2D eigenvalue weighted by Gasteiger charge is 2.13. The molecule has 1 N–H and O–H groups in total. The number of nitrogens with one attached hydrogen (secondary N) is 1. The first-order valence-electron chi connectivity index (χ1n) is 7.91. The van der Waals surface area contributed by atoms with Gasteiger partial charge in [0.2, 0.25) is 0 Å². The van der Waals surface area contributed by atoms with Crippen LogP contribution >= 0.6 is 15.9 Å². The van der Waals surface area contributed by atoms with E-state index in [1.807, 2.05) is 6.07 Å². The smallest absolute Gasteiger partial charge is 0.124 e. The summed E-state index contributed by atoms with van der Waals surface area (Å²) in [5.74, 6) is -0.204. The monoisotopic (exact) mass is 358 g/mol. The molecule has 0 amide bonds. The Labute approximate surface area is 137 Å². The van der Waals surface area contributed by atoms with Crippen LogP contribution < -0.4 is 5.32 Å². The van der Waals surface area contributed by atoms with Crippen LogP contribution in [-0.2, 0) is 0 Å². The molecule has 0 bridgehead atoms. The average Bonchev–Trinajstić information content (AvgIpc) is 2.43. The fourth-order valence-corrected chi connectivity index (χ4v) is 3.31. The molecule has 0 aromatic heterocycles. The van der Waals surface area contributed by atoms with Crippen molar-refractivity contribution in [1.82, 2.24) is 10.2 Å². The third kappa shape index (κ3) is 6.45. The van der Waals surface area contributed by atoms with Crippen molar-refractivity contribution in [2.24, 2.45) is 0 Å². The summed E-state index contributed by atoms with van der Waals surface area (Å²) in [7, 11) is 0. The summed E-state index contributed by atoms with van der Waals surface area (Å²) < 4.78 is 14.0. The zero-order chi connectivity index (χ0) is 15.8. The van der Waals surface area contributed by atoms with Crippen molar-refractivity contribution in [1.29, 1.82) is 0 Å². The minimum Gasteiger partial charge on any atom is -0.308 e. The maximum absolute atomic E-state index is 13.1. The molecule has 2 unspecified atom stereocenters. The SMILES string of the molecule is CCN(CC)CCCC(C)NC(C)c1ccc(F)cc1Br. The molecule has 0 saturated carbocycles. The predicted octanol–water partition coefficient (Wildman–Crippen LogP) is 4.75. The van der Waals surface area contributed by atoms with Crippen LogP contribution in [0.25, 0.3) is 0 Å². The zero-order valence-electron chi connectivity index (χ0n) is 13.6. The van der Waals surface area contributed by atoms with Gasteiger partial charge in [0, 0.05) is 16.6 Å². The highest BCUT2D eigenvalue weighted by Crippen LogP contribution is 2.24. The molecule has 21 heavy (non-hydrogen) atoms. The second-order valence-corrected chi connectivity index (χ2v) is 6.48. The van der Waals surface area contributed by atoms with Gasteiger partial charge in [-0.25, -0.2) is 4.39 Å². The minimum absolute atomic E-state index is 0.204. The van der Waals surface area contributed by atoms with Crippen molar-refractivity contribution in [3.05, 3.63) is 34.1 Å². The second-order valence-electron chi connectivity index (χ2n) is 5.62. The average molecular weight is 359 g/mol. The first-order chi connectivity index (χ1) is 9.97. The van der Waals surface area contributed by atoms with Gasteiger partial charge in [-0.15, -0.1) is 0 Å². The molecule has 0 heterocycles. The zero-order valence-corrected chi connectivity index (χ0v) is 15.2. The van der Waals surface area contributed by atoms with Gasteiger partial charge in [0.05, 0.1) is 0 Å². The van der Waals surface area contributed by atoms with Crippen molar-refractivity contribution in [2.45, 2.75) is 52.6 Å². The van der Waals surface area contributed by atoms with Gasteiger partial charge in [-0.2, -0.15) is 0 Å². The van der Waals surface area contributed by atoms with Gasteiger partial charge in [-0.1, -0.05) is 35.8 Å². The Hall–Kier alpha value is -0.450. The van der Waals surface area contributed by atoms with Gasteiger partial charge in [-0.05, 0) is 64.0 Å². The van der Waals surface area contributed by atoms with Gasteiger partial charge in [0.15, 0.2) is 0 Å². The molecule has 0 saturated heterocycles. The summed E-state index contributed by atoms with van der Waals surface area (Å²) in [5.41, 5.74) is 1.10. The highest BCUT2D eigenvalue weighted by atomic mass is 79.9. The largest absolute Gasteiger partial charge is 0.308 e. The lowest BCUT2D eigenvalue weighted by molar-refractivity contribution is 0.288. The van der Waals surface area contributed by atoms with Gasteiger partial charge in [0.1, 0.15) is 5.82 Å². The molecule has 4 heteroatoms. The Bertz CT molecular complexity index is 421. The topological polar surface area (TPSA) is 15.3 Å². The Kier molecular flexibility index (Phi) is 8.45. The van der Waals surface area contributed by atoms with E-state index in [2.05, 4.69) is 53.8 Å². The van der Waals surface area contributed by atoms with Crippen LogP contribution in [0.15, 0.2) is 22.7 Å². The van der Waals surface area contributed by atoms with Crippen LogP contribution in [0.5, 0.6) is 0 Å². The first-order valence-corrected chi connectivity index (χ1v) is 8.70. The van der Waals surface area contributed by atoms with Crippen molar-refractivity contribution < 1.29 is 4.39 Å². The molecule has 0 aliphatic rings. The van der Waals surface area contributed by atoms with Crippen LogP contribution in [0, 0.1) is 5.82 Å². The molecule has 0 spiro atoms. The fourth-order valence-electron chi connectivity index (χ4n) is 2.61. The van der Waals surface area contributed by atoms with E-state index in [1.165, 1.54) is 18.6 Å². The molecule has 0 aliphatic heterocycles. The molecule has 120 valence electrons. The van der Waals surface area contributed by atoms with Crippen LogP contribution in [0.2, 0.25) is 0 Å². The van der Waals surface area contributed by atoms with Crippen molar-refractivity contribution in [3.8, 4) is 0 Å². The van der Waals surface area contributed by atoms with E-state index in [0.29, 0.717) is 6.04 Å². The van der Waals surface area contributed by atoms with Crippen molar-refractivity contribution >= 4 is 15.9 Å². The predicted molar refractivity (Wildman–Crippen MR) is 92.1 cm³/mol. The summed E-state index contributed by atoms with van der Waals surface area (Å²) >= 11 is 3.44. The van der Waals surface area contributed by atoms with Gasteiger partial charge < -0.3 is 10.2 Å². The lowest BCUT2D eigenvalue weighted by Crippen LogP contribution is -2.31. The maximum Gasteiger partial charge on any atom is 0.124 e. The summed E-state index contributed by atoms with van der Waals surface area (Å²) in [6, 6.07) is 5.55. The molecule has 2 atom stereocenters. The number of nitrogens with zero attached hydrogens (tertiary/aromatic N) is 1. The summed E-state index contributed by atoms with van der Waals surface area (Å²) in [4.78, 5) is 2.45. The van der Waals surface area contributed by atoms with Gasteiger partial charge >= 0.3 is 0 Å². The summed E-state index contributed by atoms with van der Waals surface area (Å²) in [5, 5.41) is 3.60. The van der Waals surface area contributed by atoms with E-state index in [9.17, 15) is 4.39 Å². The summed E-state index contributed by atoms with van der Waals surface area (Å²) in [6.45, 7) is 12.2. The number of rotatable bonds is 9. The Morgan fingerprint density at radius 3 is 2.48 bits per heavy atom. The van der Waals surface area contributed by atoms with E-state index >= 15 is 0 Å². The van der Waals surface area contributed by atoms with E-state index in [-0.39, 0.29) is 11.9 Å². The summed E-state index contributed by atoms with van der Waals surface area (Å²) in [6.07, 6.45) is 2.35. The molecule has 2 nitrogen and oxygen atoms in total. The minimum atomic E-state index is -0.204. The van der Waals surface area contributed by atoms with Crippen LogP contribution in [0.3, 0.4) is 0 Å². The Balaban J connectivity index is 2.41. The molecule has 0 fully saturated rings. The normalized spacial score (nSPS) is 14.4. The fraction of sp³-hybridized carbons (Fsp3) is 0.647. The molecular weight excluding hydrogens is 331 g/mol. The van der Waals surface area contributed by atoms with E-state index in [4.69, 9.17) is 0 Å². The van der Waals surface area contributed by atoms with Gasteiger partial charge in [-0.3, -0.25) is 0 Å². The molecule has 1 aromatic carbocycles. The Morgan fingerprint density at radius 1 is 1.24 bits per heavy atom. The number of benzene rings is 1. The maximum atomic E-state index is 13.1. The molecule has 0 radical (unpaired) electrons. The van der Waals surface area contributed by atoms with E-state index in [0.717, 1.165) is 36.1 Å². The third-order valence-corrected chi connectivity index (χ3v) is 4.66. The number of halogens is 2. The van der Waals surface area contributed by atoms with Crippen molar-refractivity contribution in [3.63, 3.8) is 0 Å². The molecular formula is C17H28BrFN2. The lowest BCUT2D eigenvalue weighted by Gasteiger charge is -2.23. The second kappa shape index (κ2) is 9.54.